The third kappa shape index (κ3) is 3.18. The third-order valence-corrected chi connectivity index (χ3v) is 4.46. The van der Waals surface area contributed by atoms with Gasteiger partial charge in [-0.05, 0) is 18.2 Å². The molecule has 0 spiro atoms. The van der Waals surface area contributed by atoms with Gasteiger partial charge in [0, 0.05) is 17.4 Å². The Labute approximate surface area is 146 Å². The molecule has 0 saturated carbocycles. The van der Waals surface area contributed by atoms with Crippen molar-refractivity contribution in [3.05, 3.63) is 41.1 Å². The summed E-state index contributed by atoms with van der Waals surface area (Å²) in [5.74, 6) is 2.02. The zero-order valence-corrected chi connectivity index (χ0v) is 14.1. The summed E-state index contributed by atoms with van der Waals surface area (Å²) in [6, 6.07) is 5.58. The smallest absolute Gasteiger partial charge is 0.271 e. The fraction of sp³-hybridized carbons (Fsp3) is 0.250. The van der Waals surface area contributed by atoms with E-state index in [1.165, 1.54) is 11.3 Å². The van der Waals surface area contributed by atoms with E-state index in [0.29, 0.717) is 35.4 Å². The molecule has 128 valence electrons. The molecule has 1 aliphatic heterocycles. The van der Waals surface area contributed by atoms with Gasteiger partial charge in [-0.15, -0.1) is 21.5 Å². The third-order valence-electron chi connectivity index (χ3n) is 3.57. The van der Waals surface area contributed by atoms with Crippen LogP contribution in [0.1, 0.15) is 29.2 Å². The van der Waals surface area contributed by atoms with E-state index in [4.69, 9.17) is 13.9 Å². The van der Waals surface area contributed by atoms with Gasteiger partial charge in [-0.25, -0.2) is 4.98 Å². The molecule has 25 heavy (non-hydrogen) atoms. The van der Waals surface area contributed by atoms with Crippen molar-refractivity contribution in [3.63, 3.8) is 0 Å². The highest BCUT2D eigenvalue weighted by atomic mass is 32.1. The lowest BCUT2D eigenvalue weighted by molar-refractivity contribution is 0.0943. The van der Waals surface area contributed by atoms with Gasteiger partial charge in [0.25, 0.3) is 5.91 Å². The van der Waals surface area contributed by atoms with Crippen molar-refractivity contribution in [1.29, 1.82) is 0 Å². The van der Waals surface area contributed by atoms with E-state index < -0.39 is 0 Å². The van der Waals surface area contributed by atoms with Crippen molar-refractivity contribution in [1.82, 2.24) is 20.5 Å². The van der Waals surface area contributed by atoms with E-state index in [-0.39, 0.29) is 19.2 Å². The number of amides is 1. The summed E-state index contributed by atoms with van der Waals surface area (Å²) in [6.07, 6.45) is 0.659. The molecule has 0 radical (unpaired) electrons. The fourth-order valence-corrected chi connectivity index (χ4v) is 3.09. The van der Waals surface area contributed by atoms with Crippen LogP contribution in [0.3, 0.4) is 0 Å². The van der Waals surface area contributed by atoms with Crippen LogP contribution in [-0.2, 0) is 13.0 Å². The minimum atomic E-state index is -0.292. The zero-order valence-electron chi connectivity index (χ0n) is 13.3. The van der Waals surface area contributed by atoms with Crippen LogP contribution >= 0.6 is 11.3 Å². The van der Waals surface area contributed by atoms with E-state index in [1.54, 1.807) is 5.38 Å². The van der Waals surface area contributed by atoms with Gasteiger partial charge in [0.05, 0.1) is 6.54 Å². The van der Waals surface area contributed by atoms with Crippen LogP contribution in [-0.4, -0.2) is 27.9 Å². The second kappa shape index (κ2) is 6.52. The number of carbonyl (C=O) groups is 1. The molecule has 0 saturated heterocycles. The summed E-state index contributed by atoms with van der Waals surface area (Å²) in [5, 5.41) is 12.9. The predicted octanol–water partition coefficient (Wildman–Crippen LogP) is 2.41. The van der Waals surface area contributed by atoms with Crippen molar-refractivity contribution in [2.45, 2.75) is 19.9 Å². The Bertz CT molecular complexity index is 921. The highest BCUT2D eigenvalue weighted by Crippen LogP contribution is 2.36. The number of thiazole rings is 1. The molecule has 9 heteroatoms. The lowest BCUT2D eigenvalue weighted by Crippen LogP contribution is -2.23. The number of benzene rings is 1. The molecule has 8 nitrogen and oxygen atoms in total. The number of nitrogens with one attached hydrogen (secondary N) is 1. The Morgan fingerprint density at radius 1 is 1.24 bits per heavy atom. The predicted molar refractivity (Wildman–Crippen MR) is 88.5 cm³/mol. The highest BCUT2D eigenvalue weighted by Gasteiger charge is 2.17. The SMILES string of the molecule is CCc1nnc(CNC(=O)c2csc(-c3ccc4c(c3)OCO4)n2)o1. The molecule has 1 aromatic carbocycles. The Kier molecular flexibility index (Phi) is 4.06. The number of nitrogens with zero attached hydrogens (tertiary/aromatic N) is 3. The first-order valence-corrected chi connectivity index (χ1v) is 8.56. The molecule has 3 aromatic rings. The molecule has 0 aliphatic carbocycles. The maximum Gasteiger partial charge on any atom is 0.271 e. The summed E-state index contributed by atoms with van der Waals surface area (Å²) in [7, 11) is 0. The van der Waals surface area contributed by atoms with Gasteiger partial charge in [0.15, 0.2) is 11.5 Å². The maximum atomic E-state index is 12.2. The van der Waals surface area contributed by atoms with Crippen LogP contribution in [0.5, 0.6) is 11.5 Å². The van der Waals surface area contributed by atoms with Gasteiger partial charge in [-0.1, -0.05) is 6.92 Å². The number of ether oxygens (including phenoxy) is 2. The largest absolute Gasteiger partial charge is 0.454 e. The van der Waals surface area contributed by atoms with E-state index in [9.17, 15) is 4.79 Å². The van der Waals surface area contributed by atoms with Gasteiger partial charge in [-0.2, -0.15) is 0 Å². The minimum Gasteiger partial charge on any atom is -0.454 e. The Morgan fingerprint density at radius 2 is 2.08 bits per heavy atom. The van der Waals surface area contributed by atoms with Crippen molar-refractivity contribution in [3.8, 4) is 22.1 Å². The highest BCUT2D eigenvalue weighted by molar-refractivity contribution is 7.13. The average Bonchev–Trinajstić information content (AvgIpc) is 3.38. The fourth-order valence-electron chi connectivity index (χ4n) is 2.29. The van der Waals surface area contributed by atoms with E-state index in [1.807, 2.05) is 25.1 Å². The van der Waals surface area contributed by atoms with Gasteiger partial charge in [0.1, 0.15) is 10.7 Å². The lowest BCUT2D eigenvalue weighted by Gasteiger charge is -2.00. The molecule has 1 N–H and O–H groups in total. The van der Waals surface area contributed by atoms with Crippen LogP contribution in [0.2, 0.25) is 0 Å². The number of hydrogen-bond acceptors (Lipinski definition) is 8. The quantitative estimate of drug-likeness (QED) is 0.747. The minimum absolute atomic E-state index is 0.169. The van der Waals surface area contributed by atoms with Crippen LogP contribution in [0.25, 0.3) is 10.6 Å². The summed E-state index contributed by atoms with van der Waals surface area (Å²) < 4.78 is 16.0. The summed E-state index contributed by atoms with van der Waals surface area (Å²) >= 11 is 1.39. The Morgan fingerprint density at radius 3 is 2.92 bits per heavy atom. The number of hydrogen-bond donors (Lipinski definition) is 1. The second-order valence-corrected chi connectivity index (χ2v) is 6.09. The van der Waals surface area contributed by atoms with Gasteiger partial charge in [0.2, 0.25) is 18.6 Å². The topological polar surface area (TPSA) is 99.4 Å². The molecular weight excluding hydrogens is 344 g/mol. The average molecular weight is 358 g/mol. The number of carbonyl (C=O) groups excluding carboxylic acids is 1. The van der Waals surface area contributed by atoms with Crippen LogP contribution < -0.4 is 14.8 Å². The number of rotatable bonds is 5. The lowest BCUT2D eigenvalue weighted by atomic mass is 10.2. The molecule has 0 unspecified atom stereocenters. The van der Waals surface area contributed by atoms with Crippen molar-refractivity contribution >= 4 is 17.2 Å². The molecule has 1 aliphatic rings. The van der Waals surface area contributed by atoms with Crippen LogP contribution in [0, 0.1) is 0 Å². The van der Waals surface area contributed by atoms with E-state index in [2.05, 4.69) is 20.5 Å². The van der Waals surface area contributed by atoms with Crippen molar-refractivity contribution in [2.24, 2.45) is 0 Å². The molecule has 1 amide bonds. The number of aromatic nitrogens is 3. The molecule has 2 aromatic heterocycles. The Hall–Kier alpha value is -2.94. The maximum absolute atomic E-state index is 12.2. The first-order chi connectivity index (χ1) is 12.2. The number of aryl methyl sites for hydroxylation is 1. The van der Waals surface area contributed by atoms with Crippen LogP contribution in [0.4, 0.5) is 0 Å². The van der Waals surface area contributed by atoms with E-state index in [0.717, 1.165) is 10.6 Å². The van der Waals surface area contributed by atoms with Gasteiger partial charge >= 0.3 is 0 Å². The first kappa shape index (κ1) is 15.6. The molecule has 0 fully saturated rings. The summed E-state index contributed by atoms with van der Waals surface area (Å²) in [4.78, 5) is 16.6. The molecule has 0 atom stereocenters. The van der Waals surface area contributed by atoms with Crippen molar-refractivity contribution in [2.75, 3.05) is 6.79 Å². The van der Waals surface area contributed by atoms with Crippen LogP contribution in [0.15, 0.2) is 28.0 Å². The first-order valence-electron chi connectivity index (χ1n) is 7.68. The second-order valence-electron chi connectivity index (χ2n) is 5.23. The monoisotopic (exact) mass is 358 g/mol. The van der Waals surface area contributed by atoms with Crippen molar-refractivity contribution < 1.29 is 18.7 Å². The van der Waals surface area contributed by atoms with Gasteiger partial charge < -0.3 is 19.2 Å². The Balaban J connectivity index is 1.44. The van der Waals surface area contributed by atoms with Gasteiger partial charge in [-0.3, -0.25) is 4.79 Å². The molecule has 3 heterocycles. The zero-order chi connectivity index (χ0) is 17.2. The van der Waals surface area contributed by atoms with E-state index >= 15 is 0 Å². The molecular formula is C16H14N4O4S. The summed E-state index contributed by atoms with van der Waals surface area (Å²) in [5.41, 5.74) is 1.21. The molecule has 4 rings (SSSR count). The molecule has 0 bridgehead atoms. The standard InChI is InChI=1S/C16H14N4O4S/c1-2-13-19-20-14(24-13)6-17-15(21)10-7-25-16(18-10)9-3-4-11-12(5-9)23-8-22-11/h3-5,7H,2,6,8H2,1H3,(H,17,21). The normalized spacial score (nSPS) is 12.4. The number of fused-ring (bicyclic) bond motifs is 1. The summed E-state index contributed by atoms with van der Waals surface area (Å²) in [6.45, 7) is 2.31.